The Hall–Kier alpha value is -4.27. The van der Waals surface area contributed by atoms with E-state index in [-0.39, 0.29) is 11.7 Å². The second kappa shape index (κ2) is 8.17. The lowest BCUT2D eigenvalue weighted by Gasteiger charge is -2.09. The van der Waals surface area contributed by atoms with Crippen LogP contribution in [0.3, 0.4) is 0 Å². The fourth-order valence-corrected chi connectivity index (χ4v) is 2.54. The number of amides is 1. The van der Waals surface area contributed by atoms with Gasteiger partial charge in [0.05, 0.1) is 6.20 Å². The fraction of sp³-hybridized carbons (Fsp3) is 0.0500. The van der Waals surface area contributed by atoms with Crippen molar-refractivity contribution in [3.05, 3.63) is 78.6 Å². The Morgan fingerprint density at radius 2 is 1.55 bits per heavy atom. The highest BCUT2D eigenvalue weighted by Gasteiger charge is 2.09. The van der Waals surface area contributed by atoms with Crippen molar-refractivity contribution in [2.24, 2.45) is 0 Å². The molecule has 9 nitrogen and oxygen atoms in total. The first-order chi connectivity index (χ1) is 14.2. The smallest absolute Gasteiger partial charge is 0.294 e. The van der Waals surface area contributed by atoms with Crippen LogP contribution in [-0.4, -0.2) is 26.0 Å². The normalized spacial score (nSPS) is 10.4. The van der Waals surface area contributed by atoms with Gasteiger partial charge in [-0.15, -0.1) is 0 Å². The first-order valence-corrected chi connectivity index (χ1v) is 8.76. The molecule has 0 atom stereocenters. The van der Waals surface area contributed by atoms with Crippen molar-refractivity contribution in [3.63, 3.8) is 0 Å². The third kappa shape index (κ3) is 4.72. The molecule has 4 rings (SSSR count). The van der Waals surface area contributed by atoms with Crippen LogP contribution in [0, 0.1) is 6.92 Å². The maximum Gasteiger partial charge on any atom is 0.294 e. The molecule has 3 heterocycles. The minimum Gasteiger partial charge on any atom is -0.351 e. The number of aromatic nitrogens is 4. The Morgan fingerprint density at radius 3 is 2.28 bits per heavy atom. The highest BCUT2D eigenvalue weighted by atomic mass is 16.5. The van der Waals surface area contributed by atoms with E-state index in [0.717, 1.165) is 11.3 Å². The number of carbonyl (C=O) groups is 1. The van der Waals surface area contributed by atoms with Crippen molar-refractivity contribution < 1.29 is 9.32 Å². The van der Waals surface area contributed by atoms with Gasteiger partial charge in [0.2, 0.25) is 5.76 Å². The molecule has 0 aliphatic carbocycles. The van der Waals surface area contributed by atoms with Crippen molar-refractivity contribution in [1.82, 2.24) is 20.1 Å². The topological polar surface area (TPSA) is 118 Å². The molecular weight excluding hydrogens is 370 g/mol. The maximum absolute atomic E-state index is 12.0. The molecular formula is C20H17N7O2. The van der Waals surface area contributed by atoms with Crippen LogP contribution in [0.2, 0.25) is 0 Å². The van der Waals surface area contributed by atoms with Gasteiger partial charge in [-0.2, -0.15) is 0 Å². The number of hydrogen-bond donors (Lipinski definition) is 3. The number of nitrogens with one attached hydrogen (secondary N) is 3. The lowest BCUT2D eigenvalue weighted by Crippen LogP contribution is -2.10. The standard InChI is InChI=1S/C20H17N7O2/c1-13-6-8-21-17(10-13)27-19-11-18(22-12-23-19)25-14-2-4-15(5-3-14)26-20(28)16-7-9-24-29-16/h2-12H,1H3,(H,26,28)(H2,21,22,23,25,27). The van der Waals surface area contributed by atoms with Gasteiger partial charge in [-0.05, 0) is 48.9 Å². The predicted octanol–water partition coefficient (Wildman–Crippen LogP) is 3.91. The summed E-state index contributed by atoms with van der Waals surface area (Å²) in [6, 6.07) is 14.3. The molecule has 0 spiro atoms. The largest absolute Gasteiger partial charge is 0.351 e. The average molecular weight is 387 g/mol. The molecule has 0 bridgehead atoms. The van der Waals surface area contributed by atoms with Crippen LogP contribution in [0.15, 0.2) is 71.8 Å². The summed E-state index contributed by atoms with van der Waals surface area (Å²) < 4.78 is 4.83. The first-order valence-electron chi connectivity index (χ1n) is 8.76. The number of nitrogens with zero attached hydrogens (tertiary/aromatic N) is 4. The SMILES string of the molecule is Cc1ccnc(Nc2cc(Nc3ccc(NC(=O)c4ccno4)cc3)ncn2)c1. The predicted molar refractivity (Wildman–Crippen MR) is 108 cm³/mol. The number of hydrogen-bond acceptors (Lipinski definition) is 8. The van der Waals surface area contributed by atoms with Gasteiger partial charge >= 0.3 is 0 Å². The molecule has 0 fully saturated rings. The lowest BCUT2D eigenvalue weighted by molar-refractivity contribution is 0.0988. The summed E-state index contributed by atoms with van der Waals surface area (Å²) in [6.45, 7) is 2.00. The van der Waals surface area contributed by atoms with E-state index in [9.17, 15) is 4.79 Å². The molecule has 9 heteroatoms. The van der Waals surface area contributed by atoms with E-state index in [4.69, 9.17) is 4.52 Å². The van der Waals surface area contributed by atoms with Gasteiger partial charge in [-0.25, -0.2) is 15.0 Å². The number of aryl methyl sites for hydroxylation is 1. The Morgan fingerprint density at radius 1 is 0.828 bits per heavy atom. The maximum atomic E-state index is 12.0. The Labute approximate surface area is 166 Å². The zero-order valence-electron chi connectivity index (χ0n) is 15.5. The van der Waals surface area contributed by atoms with Gasteiger partial charge in [0, 0.05) is 29.7 Å². The molecule has 4 aromatic rings. The second-order valence-corrected chi connectivity index (χ2v) is 6.17. The molecule has 3 N–H and O–H groups in total. The molecule has 3 aromatic heterocycles. The van der Waals surface area contributed by atoms with E-state index >= 15 is 0 Å². The minimum absolute atomic E-state index is 0.149. The van der Waals surface area contributed by atoms with Crippen LogP contribution >= 0.6 is 0 Å². The summed E-state index contributed by atoms with van der Waals surface area (Å²) >= 11 is 0. The third-order valence-electron chi connectivity index (χ3n) is 3.92. The number of carbonyl (C=O) groups excluding carboxylic acids is 1. The van der Waals surface area contributed by atoms with Crippen LogP contribution in [0.25, 0.3) is 0 Å². The molecule has 29 heavy (non-hydrogen) atoms. The molecule has 1 amide bonds. The Balaban J connectivity index is 1.41. The van der Waals surface area contributed by atoms with E-state index in [1.807, 2.05) is 31.2 Å². The number of anilines is 5. The van der Waals surface area contributed by atoms with Crippen LogP contribution in [0.4, 0.5) is 28.8 Å². The van der Waals surface area contributed by atoms with Crippen molar-refractivity contribution in [1.29, 1.82) is 0 Å². The summed E-state index contributed by atoms with van der Waals surface area (Å²) in [4.78, 5) is 24.7. The van der Waals surface area contributed by atoms with E-state index < -0.39 is 0 Å². The number of pyridine rings is 1. The van der Waals surface area contributed by atoms with Gasteiger partial charge in [0.25, 0.3) is 5.91 Å². The highest BCUT2D eigenvalue weighted by Crippen LogP contribution is 2.20. The van der Waals surface area contributed by atoms with Crippen LogP contribution in [-0.2, 0) is 0 Å². The monoisotopic (exact) mass is 387 g/mol. The van der Waals surface area contributed by atoms with Gasteiger partial charge in [0.1, 0.15) is 23.8 Å². The van der Waals surface area contributed by atoms with Crippen molar-refractivity contribution in [3.8, 4) is 0 Å². The van der Waals surface area contributed by atoms with E-state index in [1.165, 1.54) is 18.6 Å². The van der Waals surface area contributed by atoms with Crippen LogP contribution in [0.1, 0.15) is 16.1 Å². The minimum atomic E-state index is -0.362. The van der Waals surface area contributed by atoms with Crippen LogP contribution < -0.4 is 16.0 Å². The Kier molecular flexibility index (Phi) is 5.10. The van der Waals surface area contributed by atoms with E-state index in [1.54, 1.807) is 24.4 Å². The first kappa shape index (κ1) is 18.1. The average Bonchev–Trinajstić information content (AvgIpc) is 3.25. The molecule has 0 aliphatic heterocycles. The van der Waals surface area contributed by atoms with Crippen molar-refractivity contribution in [2.75, 3.05) is 16.0 Å². The summed E-state index contributed by atoms with van der Waals surface area (Å²) in [7, 11) is 0. The second-order valence-electron chi connectivity index (χ2n) is 6.17. The van der Waals surface area contributed by atoms with Gasteiger partial charge in [-0.1, -0.05) is 5.16 Å². The van der Waals surface area contributed by atoms with Crippen molar-refractivity contribution >= 4 is 34.7 Å². The summed E-state index contributed by atoms with van der Waals surface area (Å²) in [5.74, 6) is 1.74. The van der Waals surface area contributed by atoms with E-state index in [2.05, 4.69) is 36.1 Å². The summed E-state index contributed by atoms with van der Waals surface area (Å²) in [5, 5.41) is 12.6. The molecule has 0 radical (unpaired) electrons. The quantitative estimate of drug-likeness (QED) is 0.456. The molecule has 0 aliphatic rings. The van der Waals surface area contributed by atoms with E-state index in [0.29, 0.717) is 23.1 Å². The Bertz CT molecular complexity index is 1110. The fourth-order valence-electron chi connectivity index (χ4n) is 2.54. The third-order valence-corrected chi connectivity index (χ3v) is 3.92. The molecule has 1 aromatic carbocycles. The molecule has 0 saturated heterocycles. The zero-order chi connectivity index (χ0) is 20.1. The molecule has 0 unspecified atom stereocenters. The molecule has 0 saturated carbocycles. The van der Waals surface area contributed by atoms with Gasteiger partial charge in [-0.3, -0.25) is 4.79 Å². The van der Waals surface area contributed by atoms with Crippen molar-refractivity contribution in [2.45, 2.75) is 6.92 Å². The highest BCUT2D eigenvalue weighted by molar-refractivity contribution is 6.02. The van der Waals surface area contributed by atoms with Gasteiger partial charge < -0.3 is 20.5 Å². The lowest BCUT2D eigenvalue weighted by atomic mass is 10.2. The molecule has 144 valence electrons. The zero-order valence-corrected chi connectivity index (χ0v) is 15.5. The summed E-state index contributed by atoms with van der Waals surface area (Å²) in [6.07, 6.45) is 4.62. The number of benzene rings is 1. The number of rotatable bonds is 6. The summed E-state index contributed by atoms with van der Waals surface area (Å²) in [5.41, 5.74) is 2.54. The van der Waals surface area contributed by atoms with Gasteiger partial charge in [0.15, 0.2) is 0 Å². The van der Waals surface area contributed by atoms with Crippen LogP contribution in [0.5, 0.6) is 0 Å².